The van der Waals surface area contributed by atoms with Crippen molar-refractivity contribution in [2.45, 2.75) is 12.5 Å². The average molecular weight is 360 g/mol. The van der Waals surface area contributed by atoms with Crippen LogP contribution in [0.5, 0.6) is 5.75 Å². The Morgan fingerprint density at radius 3 is 2.56 bits per heavy atom. The second kappa shape index (κ2) is 7.11. The van der Waals surface area contributed by atoms with Crippen molar-refractivity contribution in [3.8, 4) is 5.75 Å². The first-order valence-electron chi connectivity index (χ1n) is 8.89. The number of benzene rings is 3. The van der Waals surface area contributed by atoms with Gasteiger partial charge >= 0.3 is 0 Å². The Balaban J connectivity index is 1.50. The van der Waals surface area contributed by atoms with E-state index in [1.165, 1.54) is 0 Å². The summed E-state index contributed by atoms with van der Waals surface area (Å²) in [7, 11) is 1.61. The molecule has 1 fully saturated rings. The number of nitrogens with zero attached hydrogens (tertiary/aromatic N) is 1. The molecule has 2 amide bonds. The Hall–Kier alpha value is -3.34. The average Bonchev–Trinajstić information content (AvgIpc) is 3.07. The Bertz CT molecular complexity index is 993. The van der Waals surface area contributed by atoms with E-state index in [2.05, 4.69) is 5.32 Å². The van der Waals surface area contributed by atoms with Crippen molar-refractivity contribution in [1.29, 1.82) is 0 Å². The Labute approximate surface area is 157 Å². The molecule has 5 heteroatoms. The monoisotopic (exact) mass is 360 g/mol. The summed E-state index contributed by atoms with van der Waals surface area (Å²) >= 11 is 0. The molecule has 1 saturated heterocycles. The van der Waals surface area contributed by atoms with Gasteiger partial charge in [0.2, 0.25) is 5.91 Å². The number of anilines is 1. The van der Waals surface area contributed by atoms with Crippen molar-refractivity contribution in [2.75, 3.05) is 18.6 Å². The van der Waals surface area contributed by atoms with Crippen LogP contribution >= 0.6 is 0 Å². The van der Waals surface area contributed by atoms with Gasteiger partial charge in [-0.25, -0.2) is 0 Å². The smallest absolute Gasteiger partial charge is 0.252 e. The van der Waals surface area contributed by atoms with Crippen LogP contribution in [0.4, 0.5) is 5.69 Å². The van der Waals surface area contributed by atoms with Crippen molar-refractivity contribution in [1.82, 2.24) is 5.32 Å². The zero-order chi connectivity index (χ0) is 18.8. The van der Waals surface area contributed by atoms with Crippen molar-refractivity contribution < 1.29 is 14.3 Å². The lowest BCUT2D eigenvalue weighted by molar-refractivity contribution is -0.117. The minimum Gasteiger partial charge on any atom is -0.497 e. The molecular formula is C22H20N2O3. The second-order valence-electron chi connectivity index (χ2n) is 6.60. The Morgan fingerprint density at radius 1 is 1.04 bits per heavy atom. The summed E-state index contributed by atoms with van der Waals surface area (Å²) in [6.07, 6.45) is 0.294. The Morgan fingerprint density at radius 2 is 1.78 bits per heavy atom. The van der Waals surface area contributed by atoms with Gasteiger partial charge in [0.05, 0.1) is 13.2 Å². The third kappa shape index (κ3) is 3.36. The number of fused-ring (bicyclic) bond motifs is 1. The molecule has 0 saturated carbocycles. The van der Waals surface area contributed by atoms with Crippen molar-refractivity contribution in [3.63, 3.8) is 0 Å². The van der Waals surface area contributed by atoms with Crippen LogP contribution in [-0.2, 0) is 4.79 Å². The fraction of sp³-hybridized carbons (Fsp3) is 0.182. The zero-order valence-corrected chi connectivity index (χ0v) is 15.0. The van der Waals surface area contributed by atoms with Crippen LogP contribution < -0.4 is 15.0 Å². The van der Waals surface area contributed by atoms with E-state index in [1.807, 2.05) is 66.7 Å². The molecule has 0 bridgehead atoms. The van der Waals surface area contributed by atoms with Crippen LogP contribution in [0.2, 0.25) is 0 Å². The van der Waals surface area contributed by atoms with Gasteiger partial charge in [0.1, 0.15) is 5.75 Å². The predicted molar refractivity (Wildman–Crippen MR) is 105 cm³/mol. The molecule has 3 aromatic rings. The molecule has 136 valence electrons. The van der Waals surface area contributed by atoms with Crippen LogP contribution in [0.15, 0.2) is 66.7 Å². The lowest BCUT2D eigenvalue weighted by atomic mass is 10.0. The minimum absolute atomic E-state index is 0.00314. The lowest BCUT2D eigenvalue weighted by Gasteiger charge is -2.18. The topological polar surface area (TPSA) is 58.6 Å². The molecule has 1 aliphatic rings. The van der Waals surface area contributed by atoms with Crippen molar-refractivity contribution in [3.05, 3.63) is 72.3 Å². The fourth-order valence-electron chi connectivity index (χ4n) is 3.50. The first kappa shape index (κ1) is 17.1. The number of rotatable bonds is 4. The molecule has 0 radical (unpaired) electrons. The van der Waals surface area contributed by atoms with E-state index in [0.717, 1.165) is 22.2 Å². The van der Waals surface area contributed by atoms with E-state index in [4.69, 9.17) is 4.74 Å². The van der Waals surface area contributed by atoms with Crippen LogP contribution in [-0.4, -0.2) is 31.5 Å². The molecule has 5 nitrogen and oxygen atoms in total. The molecule has 4 rings (SSSR count). The van der Waals surface area contributed by atoms with Crippen LogP contribution in [0, 0.1) is 0 Å². The van der Waals surface area contributed by atoms with Gasteiger partial charge in [-0.2, -0.15) is 0 Å². The number of methoxy groups -OCH3 is 1. The summed E-state index contributed by atoms with van der Waals surface area (Å²) in [4.78, 5) is 26.9. The third-order valence-corrected chi connectivity index (χ3v) is 4.88. The van der Waals surface area contributed by atoms with E-state index in [9.17, 15) is 9.59 Å². The maximum atomic E-state index is 12.8. The summed E-state index contributed by atoms with van der Waals surface area (Å²) in [5.74, 6) is 0.593. The standard InChI is InChI=1S/C22H20N2O3/c1-27-18-11-9-17(10-12-18)24-14-16(13-21(24)25)23-22(26)20-8-4-6-15-5-2-3-7-19(15)20/h2-12,16H,13-14H2,1H3,(H,23,26)/t16-/m0/s1. The molecule has 3 aromatic carbocycles. The molecule has 1 atom stereocenters. The normalized spacial score (nSPS) is 16.6. The summed E-state index contributed by atoms with van der Waals surface area (Å²) in [5.41, 5.74) is 1.44. The van der Waals surface area contributed by atoms with Gasteiger partial charge in [-0.15, -0.1) is 0 Å². The predicted octanol–water partition coefficient (Wildman–Crippen LogP) is 3.38. The number of carbonyl (C=O) groups excluding carboxylic acids is 2. The van der Waals surface area contributed by atoms with Crippen molar-refractivity contribution in [2.24, 2.45) is 0 Å². The van der Waals surface area contributed by atoms with Gasteiger partial charge in [0.25, 0.3) is 5.91 Å². The third-order valence-electron chi connectivity index (χ3n) is 4.88. The first-order valence-corrected chi connectivity index (χ1v) is 8.89. The molecule has 0 aromatic heterocycles. The van der Waals surface area contributed by atoms with Gasteiger partial charge in [-0.1, -0.05) is 36.4 Å². The van der Waals surface area contributed by atoms with Gasteiger partial charge in [-0.05, 0) is 41.1 Å². The van der Waals surface area contributed by atoms with E-state index in [-0.39, 0.29) is 17.9 Å². The summed E-state index contributed by atoms with van der Waals surface area (Å²) in [6, 6.07) is 20.6. The SMILES string of the molecule is COc1ccc(N2C[C@@H](NC(=O)c3cccc4ccccc34)CC2=O)cc1. The summed E-state index contributed by atoms with van der Waals surface area (Å²) in [5, 5.41) is 4.95. The van der Waals surface area contributed by atoms with Gasteiger partial charge in [0.15, 0.2) is 0 Å². The Kier molecular flexibility index (Phi) is 4.50. The van der Waals surface area contributed by atoms with Gasteiger partial charge in [-0.3, -0.25) is 9.59 Å². The van der Waals surface area contributed by atoms with Crippen LogP contribution in [0.3, 0.4) is 0 Å². The highest BCUT2D eigenvalue weighted by Crippen LogP contribution is 2.25. The molecule has 27 heavy (non-hydrogen) atoms. The van der Waals surface area contributed by atoms with E-state index in [1.54, 1.807) is 12.0 Å². The quantitative estimate of drug-likeness (QED) is 0.776. The van der Waals surface area contributed by atoms with Gasteiger partial charge in [0, 0.05) is 24.2 Å². The summed E-state index contributed by atoms with van der Waals surface area (Å²) < 4.78 is 5.16. The van der Waals surface area contributed by atoms with Crippen LogP contribution in [0.1, 0.15) is 16.8 Å². The zero-order valence-electron chi connectivity index (χ0n) is 15.0. The fourth-order valence-corrected chi connectivity index (χ4v) is 3.50. The molecule has 0 aliphatic carbocycles. The molecule has 1 heterocycles. The summed E-state index contributed by atoms with van der Waals surface area (Å²) in [6.45, 7) is 0.460. The number of hydrogen-bond acceptors (Lipinski definition) is 3. The number of nitrogens with one attached hydrogen (secondary N) is 1. The number of hydrogen-bond donors (Lipinski definition) is 1. The molecule has 1 aliphatic heterocycles. The number of amides is 2. The van der Waals surface area contributed by atoms with Gasteiger partial charge < -0.3 is 15.0 Å². The molecular weight excluding hydrogens is 340 g/mol. The van der Waals surface area contributed by atoms with E-state index >= 15 is 0 Å². The highest BCUT2D eigenvalue weighted by molar-refractivity contribution is 6.07. The molecule has 0 unspecified atom stereocenters. The number of carbonyl (C=O) groups is 2. The highest BCUT2D eigenvalue weighted by Gasteiger charge is 2.32. The highest BCUT2D eigenvalue weighted by atomic mass is 16.5. The maximum absolute atomic E-state index is 12.8. The number of ether oxygens (including phenoxy) is 1. The second-order valence-corrected chi connectivity index (χ2v) is 6.60. The molecule has 0 spiro atoms. The largest absolute Gasteiger partial charge is 0.497 e. The minimum atomic E-state index is -0.217. The molecule has 1 N–H and O–H groups in total. The van der Waals surface area contributed by atoms with E-state index in [0.29, 0.717) is 18.5 Å². The van der Waals surface area contributed by atoms with Crippen molar-refractivity contribution >= 4 is 28.3 Å². The maximum Gasteiger partial charge on any atom is 0.252 e. The first-order chi connectivity index (χ1) is 13.2. The lowest BCUT2D eigenvalue weighted by Crippen LogP contribution is -2.37. The van der Waals surface area contributed by atoms with Crippen LogP contribution in [0.25, 0.3) is 10.8 Å². The van der Waals surface area contributed by atoms with E-state index < -0.39 is 0 Å².